The van der Waals surface area contributed by atoms with Crippen LogP contribution in [-0.2, 0) is 12.0 Å². The monoisotopic (exact) mass is 840 g/mol. The van der Waals surface area contributed by atoms with Gasteiger partial charge in [-0.15, -0.1) is 0 Å². The SMILES string of the molecule is C=C(/C=C\C=C/C)/C(=C/C(=C\N)c1ccccc1)CNCc1cccc(-c2cccc(-c3ccc4c(c3)C3(C5=C4C=CCN5)c4ccccc4N(c4ccccc4)c4ccccc43)c2)c1. The zero-order valence-electron chi connectivity index (χ0n) is 36.7. The number of allylic oxidation sites excluding steroid dienone is 9. The maximum atomic E-state index is 6.16. The molecule has 0 radical (unpaired) electrons. The normalized spacial score (nSPS) is 14.9. The van der Waals surface area contributed by atoms with E-state index >= 15 is 0 Å². The molecule has 3 aliphatic rings. The Balaban J connectivity index is 0.977. The highest BCUT2D eigenvalue weighted by Gasteiger charge is 2.53. The number of fused-ring (bicyclic) bond motifs is 8. The molecule has 10 rings (SSSR count). The zero-order chi connectivity index (χ0) is 44.2. The van der Waals surface area contributed by atoms with Crippen LogP contribution in [0.3, 0.4) is 0 Å². The molecule has 7 aromatic carbocycles. The first-order valence-electron chi connectivity index (χ1n) is 22.5. The first kappa shape index (κ1) is 41.1. The molecular weight excluding hydrogens is 789 g/mol. The first-order chi connectivity index (χ1) is 32.1. The van der Waals surface area contributed by atoms with Gasteiger partial charge in [-0.2, -0.15) is 0 Å². The molecule has 0 unspecified atom stereocenters. The van der Waals surface area contributed by atoms with Crippen LogP contribution in [0.2, 0.25) is 0 Å². The summed E-state index contributed by atoms with van der Waals surface area (Å²) in [5.41, 5.74) is 26.8. The van der Waals surface area contributed by atoms with Crippen LogP contribution in [0.4, 0.5) is 17.1 Å². The molecule has 65 heavy (non-hydrogen) atoms. The molecule has 7 aromatic rings. The van der Waals surface area contributed by atoms with Crippen molar-refractivity contribution in [1.29, 1.82) is 0 Å². The molecule has 316 valence electrons. The Morgan fingerprint density at radius 2 is 1.34 bits per heavy atom. The molecule has 4 N–H and O–H groups in total. The number of hydrogen-bond acceptors (Lipinski definition) is 4. The lowest BCUT2D eigenvalue weighted by molar-refractivity contribution is 0.659. The maximum absolute atomic E-state index is 6.16. The maximum Gasteiger partial charge on any atom is 0.0901 e. The third kappa shape index (κ3) is 7.58. The van der Waals surface area contributed by atoms with Gasteiger partial charge in [0.05, 0.1) is 16.8 Å². The van der Waals surface area contributed by atoms with Gasteiger partial charge in [-0.25, -0.2) is 0 Å². The molecule has 1 aliphatic carbocycles. The van der Waals surface area contributed by atoms with Crippen molar-refractivity contribution < 1.29 is 0 Å². The van der Waals surface area contributed by atoms with Gasteiger partial charge < -0.3 is 21.3 Å². The van der Waals surface area contributed by atoms with E-state index in [2.05, 4.69) is 198 Å². The third-order valence-corrected chi connectivity index (χ3v) is 12.9. The number of hydrogen-bond donors (Lipinski definition) is 3. The number of nitrogens with zero attached hydrogens (tertiary/aromatic N) is 1. The van der Waals surface area contributed by atoms with Gasteiger partial charge in [0.25, 0.3) is 0 Å². The van der Waals surface area contributed by atoms with Crippen LogP contribution in [-0.4, -0.2) is 13.1 Å². The average molecular weight is 841 g/mol. The number of benzene rings is 7. The van der Waals surface area contributed by atoms with Gasteiger partial charge in [0.15, 0.2) is 0 Å². The quantitative estimate of drug-likeness (QED) is 0.107. The average Bonchev–Trinajstić information content (AvgIpc) is 3.66. The van der Waals surface area contributed by atoms with Crippen LogP contribution in [0.5, 0.6) is 0 Å². The highest BCUT2D eigenvalue weighted by molar-refractivity contribution is 5.98. The van der Waals surface area contributed by atoms with Gasteiger partial charge in [0.1, 0.15) is 0 Å². The first-order valence-corrected chi connectivity index (χ1v) is 22.5. The molecule has 0 aromatic heterocycles. The summed E-state index contributed by atoms with van der Waals surface area (Å²) < 4.78 is 0. The summed E-state index contributed by atoms with van der Waals surface area (Å²) >= 11 is 0. The molecule has 2 heterocycles. The van der Waals surface area contributed by atoms with Crippen molar-refractivity contribution in [3.05, 3.63) is 281 Å². The van der Waals surface area contributed by atoms with Crippen LogP contribution >= 0.6 is 0 Å². The van der Waals surface area contributed by atoms with Gasteiger partial charge in [0, 0.05) is 42.8 Å². The topological polar surface area (TPSA) is 53.3 Å². The van der Waals surface area contributed by atoms with Crippen molar-refractivity contribution in [1.82, 2.24) is 10.6 Å². The van der Waals surface area contributed by atoms with Gasteiger partial charge in [-0.3, -0.25) is 0 Å². The van der Waals surface area contributed by atoms with Crippen molar-refractivity contribution in [2.24, 2.45) is 5.73 Å². The van der Waals surface area contributed by atoms with Crippen LogP contribution in [0.25, 0.3) is 33.4 Å². The minimum Gasteiger partial charge on any atom is -0.404 e. The second-order valence-electron chi connectivity index (χ2n) is 16.7. The Bertz CT molecular complexity index is 3060. The van der Waals surface area contributed by atoms with Crippen molar-refractivity contribution in [2.75, 3.05) is 18.0 Å². The predicted molar refractivity (Wildman–Crippen MR) is 274 cm³/mol. The fourth-order valence-corrected chi connectivity index (χ4v) is 9.91. The molecule has 0 amide bonds. The predicted octanol–water partition coefficient (Wildman–Crippen LogP) is 13.7. The van der Waals surface area contributed by atoms with Crippen LogP contribution in [0, 0.1) is 0 Å². The summed E-state index contributed by atoms with van der Waals surface area (Å²) in [6.45, 7) is 8.53. The van der Waals surface area contributed by atoms with E-state index in [1.807, 2.05) is 49.4 Å². The Hall–Kier alpha value is -7.92. The summed E-state index contributed by atoms with van der Waals surface area (Å²) in [4.78, 5) is 2.43. The van der Waals surface area contributed by atoms with Gasteiger partial charge in [-0.1, -0.05) is 176 Å². The summed E-state index contributed by atoms with van der Waals surface area (Å²) in [5, 5.41) is 7.63. The van der Waals surface area contributed by atoms with E-state index in [1.165, 1.54) is 72.7 Å². The Kier molecular flexibility index (Phi) is 11.4. The lowest BCUT2D eigenvalue weighted by Crippen LogP contribution is -2.41. The van der Waals surface area contributed by atoms with Gasteiger partial charge in [0.2, 0.25) is 0 Å². The molecule has 0 fully saturated rings. The van der Waals surface area contributed by atoms with Crippen LogP contribution in [0.1, 0.15) is 40.3 Å². The fraction of sp³-hybridized carbons (Fsp3) is 0.0820. The van der Waals surface area contributed by atoms with E-state index < -0.39 is 5.41 Å². The van der Waals surface area contributed by atoms with E-state index in [0.717, 1.165) is 34.5 Å². The molecule has 0 saturated carbocycles. The highest BCUT2D eigenvalue weighted by Crippen LogP contribution is 2.62. The zero-order valence-corrected chi connectivity index (χ0v) is 36.7. The van der Waals surface area contributed by atoms with Crippen molar-refractivity contribution in [3.8, 4) is 22.3 Å². The van der Waals surface area contributed by atoms with E-state index in [9.17, 15) is 0 Å². The van der Waals surface area contributed by atoms with E-state index in [4.69, 9.17) is 5.73 Å². The number of dihydropyridines is 1. The van der Waals surface area contributed by atoms with E-state index in [0.29, 0.717) is 13.1 Å². The van der Waals surface area contributed by atoms with E-state index in [1.54, 1.807) is 6.20 Å². The summed E-state index contributed by atoms with van der Waals surface area (Å²) in [7, 11) is 0. The Morgan fingerprint density at radius 1 is 0.692 bits per heavy atom. The molecule has 0 atom stereocenters. The Labute approximate surface area is 383 Å². The van der Waals surface area contributed by atoms with Gasteiger partial charge >= 0.3 is 0 Å². The van der Waals surface area contributed by atoms with Crippen LogP contribution in [0.15, 0.2) is 248 Å². The molecule has 4 nitrogen and oxygen atoms in total. The van der Waals surface area contributed by atoms with E-state index in [-0.39, 0.29) is 0 Å². The highest BCUT2D eigenvalue weighted by atomic mass is 15.2. The molecule has 4 heteroatoms. The fourth-order valence-electron chi connectivity index (χ4n) is 9.91. The van der Waals surface area contributed by atoms with Crippen molar-refractivity contribution in [3.63, 3.8) is 0 Å². The van der Waals surface area contributed by atoms with Gasteiger partial charge in [-0.05, 0) is 128 Å². The minimum atomic E-state index is -0.531. The second kappa shape index (κ2) is 18.1. The number of para-hydroxylation sites is 3. The lowest BCUT2D eigenvalue weighted by atomic mass is 9.65. The minimum absolute atomic E-state index is 0.531. The molecular formula is C61H52N4. The van der Waals surface area contributed by atoms with Crippen LogP contribution < -0.4 is 21.3 Å². The number of nitrogens with two attached hydrogens (primary N) is 1. The third-order valence-electron chi connectivity index (χ3n) is 12.9. The second-order valence-corrected chi connectivity index (χ2v) is 16.7. The largest absolute Gasteiger partial charge is 0.404 e. The number of rotatable bonds is 12. The molecule has 0 bridgehead atoms. The number of nitrogens with one attached hydrogen (secondary N) is 2. The van der Waals surface area contributed by atoms with Crippen molar-refractivity contribution in [2.45, 2.75) is 18.9 Å². The smallest absolute Gasteiger partial charge is 0.0901 e. The summed E-state index contributed by atoms with van der Waals surface area (Å²) in [5.74, 6) is 0. The Morgan fingerprint density at radius 3 is 2.05 bits per heavy atom. The molecule has 2 aliphatic heterocycles. The molecule has 0 saturated heterocycles. The molecule has 1 spiro atoms. The summed E-state index contributed by atoms with van der Waals surface area (Å²) in [6, 6.07) is 63.9. The summed E-state index contributed by atoms with van der Waals surface area (Å²) in [6.07, 6.45) is 16.5. The standard InChI is InChI=1S/C61H52N4/c1-3-4-7-19-43(2)51(38-50(40-62)45-21-8-5-9-22-45)42-63-41-44-20-16-23-46(36-44)47-24-17-25-48(37-47)49-33-34-53-54-28-18-35-64-60(54)61(57(53)39-49)55-29-12-14-31-58(55)65(52-26-10-6-11-27-52)59-32-15-13-30-56(59)61/h3-34,36-40,63-64H,2,35,41-42,62H2,1H3/b4-3-,19-7-,50-40+,51-38+. The lowest BCUT2D eigenvalue weighted by Gasteiger charge is -2.46. The number of anilines is 3. The van der Waals surface area contributed by atoms with Crippen molar-refractivity contribution >= 4 is 28.2 Å².